The molecule has 2 aromatic carbocycles. The van der Waals surface area contributed by atoms with Crippen molar-refractivity contribution in [2.24, 2.45) is 0 Å². The Hall–Kier alpha value is -2.62. The number of benzene rings is 2. The highest BCUT2D eigenvalue weighted by Gasteiger charge is 2.43. The van der Waals surface area contributed by atoms with Crippen molar-refractivity contribution in [2.45, 2.75) is 44.2 Å². The average molecular weight is 526 g/mol. The molecule has 0 bridgehead atoms. The summed E-state index contributed by atoms with van der Waals surface area (Å²) in [7, 11) is -4.20. The predicted octanol–water partition coefficient (Wildman–Crippen LogP) is 3.47. The summed E-state index contributed by atoms with van der Waals surface area (Å²) < 4.78 is 26.4. The quantitative estimate of drug-likeness (QED) is 0.539. The molecule has 11 heteroatoms. The second-order valence-electron chi connectivity index (χ2n) is 7.75. The van der Waals surface area contributed by atoms with Gasteiger partial charge in [0.2, 0.25) is 11.8 Å². The smallest absolute Gasteiger partial charge is 0.269 e. The van der Waals surface area contributed by atoms with Crippen LogP contribution in [0, 0.1) is 0 Å². The molecule has 1 atom stereocenters. The fraction of sp³-hybridized carbons (Fsp3) is 0.348. The molecule has 3 rings (SSSR count). The Balaban J connectivity index is 1.96. The monoisotopic (exact) mass is 525 g/mol. The topological polar surface area (TPSA) is 104 Å². The highest BCUT2D eigenvalue weighted by atomic mass is 35.5. The largest absolute Gasteiger partial charge is 0.354 e. The summed E-state index contributed by atoms with van der Waals surface area (Å²) in [5.74, 6) is -1.90. The molecule has 3 amide bonds. The fourth-order valence-corrected chi connectivity index (χ4v) is 5.78. The van der Waals surface area contributed by atoms with Crippen LogP contribution in [0.4, 0.5) is 0 Å². The third-order valence-electron chi connectivity index (χ3n) is 5.52. The number of nitrogens with one attached hydrogen (secondary N) is 1. The number of carbonyl (C=O) groups excluding carboxylic acids is 3. The van der Waals surface area contributed by atoms with Gasteiger partial charge >= 0.3 is 0 Å². The Kier molecular flexibility index (Phi) is 8.22. The van der Waals surface area contributed by atoms with Gasteiger partial charge in [0.25, 0.3) is 15.9 Å². The van der Waals surface area contributed by atoms with E-state index in [0.717, 1.165) is 0 Å². The molecule has 8 nitrogen and oxygen atoms in total. The van der Waals surface area contributed by atoms with E-state index in [2.05, 4.69) is 5.32 Å². The minimum atomic E-state index is -4.20. The lowest BCUT2D eigenvalue weighted by Gasteiger charge is -2.32. The van der Waals surface area contributed by atoms with Crippen molar-refractivity contribution in [1.82, 2.24) is 14.5 Å². The summed E-state index contributed by atoms with van der Waals surface area (Å²) in [6, 6.07) is 9.71. The molecule has 1 unspecified atom stereocenters. The summed E-state index contributed by atoms with van der Waals surface area (Å²) in [6.45, 7) is 3.16. The number of amides is 3. The number of fused-ring (bicyclic) bond motifs is 1. The summed E-state index contributed by atoms with van der Waals surface area (Å²) in [6.07, 6.45) is 0.954. The third-order valence-corrected chi connectivity index (χ3v) is 8.01. The first-order valence-corrected chi connectivity index (χ1v) is 13.0. The van der Waals surface area contributed by atoms with E-state index in [0.29, 0.717) is 32.9 Å². The van der Waals surface area contributed by atoms with Crippen LogP contribution in [0.5, 0.6) is 0 Å². The van der Waals surface area contributed by atoms with E-state index >= 15 is 0 Å². The molecule has 1 aliphatic rings. The summed E-state index contributed by atoms with van der Waals surface area (Å²) in [5, 5.41) is 3.36. The lowest BCUT2D eigenvalue weighted by molar-refractivity contribution is -0.141. The van der Waals surface area contributed by atoms with Crippen molar-refractivity contribution in [3.05, 3.63) is 63.6 Å². The van der Waals surface area contributed by atoms with Gasteiger partial charge in [-0.15, -0.1) is 0 Å². The van der Waals surface area contributed by atoms with Crippen LogP contribution in [0.2, 0.25) is 10.0 Å². The lowest BCUT2D eigenvalue weighted by atomic mass is 10.1. The highest BCUT2D eigenvalue weighted by molar-refractivity contribution is 7.90. The van der Waals surface area contributed by atoms with Gasteiger partial charge in [-0.25, -0.2) is 12.7 Å². The molecule has 0 saturated heterocycles. The van der Waals surface area contributed by atoms with Crippen LogP contribution in [-0.4, -0.2) is 54.5 Å². The van der Waals surface area contributed by atoms with Gasteiger partial charge in [-0.1, -0.05) is 55.2 Å². The average Bonchev–Trinajstić information content (AvgIpc) is 3.00. The van der Waals surface area contributed by atoms with Crippen molar-refractivity contribution < 1.29 is 22.8 Å². The zero-order chi connectivity index (χ0) is 25.0. The van der Waals surface area contributed by atoms with Crippen LogP contribution in [-0.2, 0) is 26.2 Å². The fourth-order valence-electron chi connectivity index (χ4n) is 3.74. The van der Waals surface area contributed by atoms with Crippen molar-refractivity contribution in [3.63, 3.8) is 0 Å². The summed E-state index contributed by atoms with van der Waals surface area (Å²) in [5.41, 5.74) is 0.420. The third kappa shape index (κ3) is 5.06. The molecular weight excluding hydrogens is 501 g/mol. The van der Waals surface area contributed by atoms with Crippen LogP contribution in [0.3, 0.4) is 0 Å². The van der Waals surface area contributed by atoms with Crippen LogP contribution in [0.15, 0.2) is 47.4 Å². The molecule has 0 saturated carbocycles. The number of rotatable bonds is 9. The van der Waals surface area contributed by atoms with E-state index in [9.17, 15) is 22.8 Å². The summed E-state index contributed by atoms with van der Waals surface area (Å²) in [4.78, 5) is 40.2. The second kappa shape index (κ2) is 10.8. The van der Waals surface area contributed by atoms with Gasteiger partial charge in [-0.05, 0) is 37.1 Å². The van der Waals surface area contributed by atoms with E-state index in [-0.39, 0.29) is 29.3 Å². The zero-order valence-corrected chi connectivity index (χ0v) is 21.1. The zero-order valence-electron chi connectivity index (χ0n) is 18.8. The second-order valence-corrected chi connectivity index (χ2v) is 10.4. The van der Waals surface area contributed by atoms with Gasteiger partial charge in [0.05, 0.1) is 5.56 Å². The Morgan fingerprint density at radius 3 is 2.29 bits per heavy atom. The molecule has 1 heterocycles. The molecule has 0 aromatic heterocycles. The molecule has 34 heavy (non-hydrogen) atoms. The van der Waals surface area contributed by atoms with Crippen molar-refractivity contribution in [1.29, 1.82) is 0 Å². The van der Waals surface area contributed by atoms with E-state index < -0.39 is 34.4 Å². The van der Waals surface area contributed by atoms with E-state index in [1.165, 1.54) is 23.1 Å². The van der Waals surface area contributed by atoms with Gasteiger partial charge in [0.15, 0.2) is 0 Å². The maximum Gasteiger partial charge on any atom is 0.269 e. The van der Waals surface area contributed by atoms with Gasteiger partial charge < -0.3 is 10.2 Å². The van der Waals surface area contributed by atoms with Crippen LogP contribution in [0.1, 0.15) is 42.6 Å². The minimum absolute atomic E-state index is 0.00345. The maximum atomic E-state index is 13.5. The molecule has 0 spiro atoms. The summed E-state index contributed by atoms with van der Waals surface area (Å²) >= 11 is 12.6. The Morgan fingerprint density at radius 2 is 1.71 bits per heavy atom. The lowest BCUT2D eigenvalue weighted by Crippen LogP contribution is -2.52. The van der Waals surface area contributed by atoms with Crippen molar-refractivity contribution >= 4 is 50.9 Å². The predicted molar refractivity (Wildman–Crippen MR) is 129 cm³/mol. The Morgan fingerprint density at radius 1 is 1.06 bits per heavy atom. The molecule has 182 valence electrons. The SMILES string of the molecule is CCCNC(=O)C(CC)N(Cc1c(Cl)cccc1Cl)C(=O)CN1C(=O)c2ccccc2S1(=O)=O. The van der Waals surface area contributed by atoms with Crippen molar-refractivity contribution in [2.75, 3.05) is 13.1 Å². The van der Waals surface area contributed by atoms with Gasteiger partial charge in [-0.2, -0.15) is 0 Å². The first-order valence-electron chi connectivity index (χ1n) is 10.8. The van der Waals surface area contributed by atoms with E-state index in [1.54, 1.807) is 31.2 Å². The number of hydrogen-bond donors (Lipinski definition) is 1. The molecule has 1 aliphatic heterocycles. The van der Waals surface area contributed by atoms with E-state index in [1.807, 2.05) is 6.92 Å². The first-order chi connectivity index (χ1) is 16.1. The number of sulfonamides is 1. The first kappa shape index (κ1) is 26.0. The Labute approximate surface area is 208 Å². The maximum absolute atomic E-state index is 13.5. The van der Waals surface area contributed by atoms with E-state index in [4.69, 9.17) is 23.2 Å². The molecular formula is C23H25Cl2N3O5S. The molecule has 0 aliphatic carbocycles. The van der Waals surface area contributed by atoms with Crippen LogP contribution < -0.4 is 5.32 Å². The number of hydrogen-bond acceptors (Lipinski definition) is 5. The molecule has 2 aromatic rings. The van der Waals surface area contributed by atoms with Crippen molar-refractivity contribution in [3.8, 4) is 0 Å². The number of halogens is 2. The minimum Gasteiger partial charge on any atom is -0.354 e. The van der Waals surface area contributed by atoms with Gasteiger partial charge in [-0.3, -0.25) is 14.4 Å². The molecule has 0 fully saturated rings. The number of carbonyl (C=O) groups is 3. The van der Waals surface area contributed by atoms with Gasteiger partial charge in [0.1, 0.15) is 17.5 Å². The highest BCUT2D eigenvalue weighted by Crippen LogP contribution is 2.31. The van der Waals surface area contributed by atoms with Gasteiger partial charge in [0, 0.05) is 28.7 Å². The number of nitrogens with zero attached hydrogens (tertiary/aromatic N) is 2. The molecule has 0 radical (unpaired) electrons. The van der Waals surface area contributed by atoms with Crippen LogP contribution in [0.25, 0.3) is 0 Å². The normalized spacial score (nSPS) is 15.1. The Bertz CT molecular complexity index is 1200. The molecule has 1 N–H and O–H groups in total. The van der Waals surface area contributed by atoms with Crippen LogP contribution >= 0.6 is 23.2 Å². The standard InChI is InChI=1S/C23H25Cl2N3O5S/c1-3-12-26-22(30)19(4-2)27(13-16-17(24)9-7-10-18(16)25)21(29)14-28-23(31)15-8-5-6-11-20(15)34(28,32)33/h5-11,19H,3-4,12-14H2,1-2H3,(H,26,30).